The van der Waals surface area contributed by atoms with Crippen LogP contribution in [0.5, 0.6) is 0 Å². The van der Waals surface area contributed by atoms with Crippen LogP contribution in [0.15, 0.2) is 4.47 Å². The zero-order valence-electron chi connectivity index (χ0n) is 10.3. The molecule has 1 fully saturated rings. The highest BCUT2D eigenvalue weighted by Crippen LogP contribution is 2.25. The molecule has 0 N–H and O–H groups in total. The van der Waals surface area contributed by atoms with Crippen LogP contribution in [-0.4, -0.2) is 35.5 Å². The number of rotatable bonds is 3. The first kappa shape index (κ1) is 13.7. The van der Waals surface area contributed by atoms with Crippen molar-refractivity contribution in [1.29, 1.82) is 0 Å². The predicted molar refractivity (Wildman–Crippen MR) is 71.1 cm³/mol. The second-order valence-corrected chi connectivity index (χ2v) is 7.73. The minimum atomic E-state index is -3.00. The van der Waals surface area contributed by atoms with Gasteiger partial charge in [-0.1, -0.05) is 0 Å². The van der Waals surface area contributed by atoms with Crippen LogP contribution < -0.4 is 0 Å². The van der Waals surface area contributed by atoms with Gasteiger partial charge in [0, 0.05) is 19.4 Å². The monoisotopic (exact) mass is 334 g/mol. The number of Topliss-reactive ketones (excluding diaryl/α,β-unsaturated/α-hetero) is 1. The summed E-state index contributed by atoms with van der Waals surface area (Å²) in [5.74, 6) is -0.230. The third-order valence-corrected chi connectivity index (χ3v) is 6.09. The summed E-state index contributed by atoms with van der Waals surface area (Å²) in [5, 5.41) is 4.22. The maximum absolute atomic E-state index is 12.1. The molecular formula is C11H15BrN2O3S. The van der Waals surface area contributed by atoms with Crippen molar-refractivity contribution in [2.75, 3.05) is 11.5 Å². The summed E-state index contributed by atoms with van der Waals surface area (Å²) in [4.78, 5) is 12.1. The molecule has 7 heteroatoms. The molecule has 100 valence electrons. The van der Waals surface area contributed by atoms with E-state index in [4.69, 9.17) is 0 Å². The summed E-state index contributed by atoms with van der Waals surface area (Å²) < 4.78 is 25.2. The number of ketones is 1. The van der Waals surface area contributed by atoms with Crippen molar-refractivity contribution < 1.29 is 13.2 Å². The Morgan fingerprint density at radius 2 is 2.22 bits per heavy atom. The molecule has 2 rings (SSSR count). The van der Waals surface area contributed by atoms with E-state index >= 15 is 0 Å². The molecule has 1 saturated heterocycles. The van der Waals surface area contributed by atoms with E-state index in [1.807, 2.05) is 6.92 Å². The van der Waals surface area contributed by atoms with E-state index in [-0.39, 0.29) is 29.6 Å². The van der Waals surface area contributed by atoms with E-state index in [0.29, 0.717) is 6.42 Å². The highest BCUT2D eigenvalue weighted by Gasteiger charge is 2.33. The third kappa shape index (κ3) is 2.66. The average Bonchev–Trinajstić information content (AvgIpc) is 2.74. The lowest BCUT2D eigenvalue weighted by Gasteiger charge is -2.07. The van der Waals surface area contributed by atoms with E-state index in [0.717, 1.165) is 15.9 Å². The van der Waals surface area contributed by atoms with Gasteiger partial charge >= 0.3 is 0 Å². The molecule has 0 amide bonds. The number of hydrogen-bond donors (Lipinski definition) is 0. The highest BCUT2D eigenvalue weighted by molar-refractivity contribution is 9.10. The Bertz CT molecular complexity index is 592. The van der Waals surface area contributed by atoms with Crippen LogP contribution in [-0.2, 0) is 28.1 Å². The maximum atomic E-state index is 12.1. The molecule has 0 bridgehead atoms. The van der Waals surface area contributed by atoms with Crippen molar-refractivity contribution in [3.63, 3.8) is 0 Å². The molecule has 1 aliphatic heterocycles. The number of sulfone groups is 1. The summed E-state index contributed by atoms with van der Waals surface area (Å²) in [5.41, 5.74) is 1.64. The largest absolute Gasteiger partial charge is 0.299 e. The Kier molecular flexibility index (Phi) is 3.64. The molecule has 0 radical (unpaired) electrons. The number of aromatic nitrogens is 2. The van der Waals surface area contributed by atoms with Crippen LogP contribution in [0.25, 0.3) is 0 Å². The summed E-state index contributed by atoms with van der Waals surface area (Å²) >= 11 is 3.41. The lowest BCUT2D eigenvalue weighted by Crippen LogP contribution is -2.19. The van der Waals surface area contributed by atoms with Gasteiger partial charge < -0.3 is 0 Å². The van der Waals surface area contributed by atoms with Crippen molar-refractivity contribution in [1.82, 2.24) is 9.78 Å². The van der Waals surface area contributed by atoms with E-state index < -0.39 is 9.84 Å². The Hall–Kier alpha value is -0.690. The lowest BCUT2D eigenvalue weighted by molar-refractivity contribution is -0.121. The Morgan fingerprint density at radius 1 is 1.56 bits per heavy atom. The number of halogens is 1. The van der Waals surface area contributed by atoms with Crippen LogP contribution >= 0.6 is 15.9 Å². The molecule has 1 aliphatic rings. The van der Waals surface area contributed by atoms with Gasteiger partial charge in [-0.15, -0.1) is 0 Å². The van der Waals surface area contributed by atoms with Gasteiger partial charge in [0.15, 0.2) is 9.84 Å². The zero-order valence-corrected chi connectivity index (χ0v) is 12.7. The normalized spacial score (nSPS) is 22.3. The van der Waals surface area contributed by atoms with Crippen LogP contribution in [0.2, 0.25) is 0 Å². The summed E-state index contributed by atoms with van der Waals surface area (Å²) in [7, 11) is -1.22. The topological polar surface area (TPSA) is 69.0 Å². The fourth-order valence-electron chi connectivity index (χ4n) is 2.23. The molecule has 0 aliphatic carbocycles. The molecule has 1 aromatic heterocycles. The van der Waals surface area contributed by atoms with E-state index in [9.17, 15) is 13.2 Å². The minimum Gasteiger partial charge on any atom is -0.299 e. The molecular weight excluding hydrogens is 320 g/mol. The standard InChI is InChI=1S/C11H15BrN2O3S/c1-7-11(12)9(14(2)13-7)5-10(15)8-3-4-18(16,17)6-8/h8H,3-6H2,1-2H3. The van der Waals surface area contributed by atoms with Crippen LogP contribution in [0.3, 0.4) is 0 Å². The molecule has 0 spiro atoms. The smallest absolute Gasteiger partial charge is 0.151 e. The molecule has 1 aromatic rings. The van der Waals surface area contributed by atoms with Gasteiger partial charge in [-0.25, -0.2) is 8.42 Å². The minimum absolute atomic E-state index is 0.000284. The third-order valence-electron chi connectivity index (χ3n) is 3.29. The van der Waals surface area contributed by atoms with Gasteiger partial charge in [-0.3, -0.25) is 9.48 Å². The molecule has 0 saturated carbocycles. The number of hydrogen-bond acceptors (Lipinski definition) is 4. The maximum Gasteiger partial charge on any atom is 0.151 e. The van der Waals surface area contributed by atoms with Gasteiger partial charge in [0.2, 0.25) is 0 Å². The lowest BCUT2D eigenvalue weighted by atomic mass is 10.00. The molecule has 1 atom stereocenters. The van der Waals surface area contributed by atoms with Crippen molar-refractivity contribution in [2.45, 2.75) is 19.8 Å². The molecule has 0 aromatic carbocycles. The highest BCUT2D eigenvalue weighted by atomic mass is 79.9. The summed E-state index contributed by atoms with van der Waals surface area (Å²) in [6.07, 6.45) is 0.688. The van der Waals surface area contributed by atoms with E-state index in [1.54, 1.807) is 11.7 Å². The zero-order chi connectivity index (χ0) is 13.5. The first-order valence-corrected chi connectivity index (χ1v) is 8.32. The van der Waals surface area contributed by atoms with E-state index in [1.165, 1.54) is 0 Å². The molecule has 18 heavy (non-hydrogen) atoms. The first-order chi connectivity index (χ1) is 8.30. The number of carbonyl (C=O) groups is 1. The van der Waals surface area contributed by atoms with Crippen molar-refractivity contribution in [3.05, 3.63) is 15.9 Å². The van der Waals surface area contributed by atoms with Gasteiger partial charge in [0.25, 0.3) is 0 Å². The second kappa shape index (κ2) is 4.77. The second-order valence-electron chi connectivity index (χ2n) is 4.71. The van der Waals surface area contributed by atoms with Crippen molar-refractivity contribution in [2.24, 2.45) is 13.0 Å². The van der Waals surface area contributed by atoms with Gasteiger partial charge in [-0.2, -0.15) is 5.10 Å². The van der Waals surface area contributed by atoms with Crippen LogP contribution in [0, 0.1) is 12.8 Å². The SMILES string of the molecule is Cc1nn(C)c(CC(=O)C2CCS(=O)(=O)C2)c1Br. The Morgan fingerprint density at radius 3 is 2.67 bits per heavy atom. The summed E-state index contributed by atoms with van der Waals surface area (Å²) in [6, 6.07) is 0. The molecule has 2 heterocycles. The van der Waals surface area contributed by atoms with Gasteiger partial charge in [0.1, 0.15) is 5.78 Å². The summed E-state index contributed by atoms with van der Waals surface area (Å²) in [6.45, 7) is 1.86. The Balaban J connectivity index is 2.13. The van der Waals surface area contributed by atoms with Crippen LogP contribution in [0.4, 0.5) is 0 Å². The fourth-order valence-corrected chi connectivity index (χ4v) is 4.48. The number of carbonyl (C=O) groups excluding carboxylic acids is 1. The van der Waals surface area contributed by atoms with Crippen molar-refractivity contribution >= 4 is 31.6 Å². The van der Waals surface area contributed by atoms with Gasteiger partial charge in [0.05, 0.1) is 27.4 Å². The Labute approximate surface area is 115 Å². The first-order valence-electron chi connectivity index (χ1n) is 5.71. The predicted octanol–water partition coefficient (Wildman–Crippen LogP) is 1.04. The quantitative estimate of drug-likeness (QED) is 0.828. The average molecular weight is 335 g/mol. The number of nitrogens with zero attached hydrogens (tertiary/aromatic N) is 2. The molecule has 5 nitrogen and oxygen atoms in total. The molecule has 1 unspecified atom stereocenters. The fraction of sp³-hybridized carbons (Fsp3) is 0.636. The van der Waals surface area contributed by atoms with Crippen molar-refractivity contribution in [3.8, 4) is 0 Å². The van der Waals surface area contributed by atoms with Crippen LogP contribution in [0.1, 0.15) is 17.8 Å². The number of aryl methyl sites for hydroxylation is 2. The van der Waals surface area contributed by atoms with E-state index in [2.05, 4.69) is 21.0 Å². The van der Waals surface area contributed by atoms with Gasteiger partial charge in [-0.05, 0) is 29.3 Å².